The van der Waals surface area contributed by atoms with E-state index in [0.29, 0.717) is 5.02 Å². The van der Waals surface area contributed by atoms with E-state index in [1.807, 2.05) is 12.4 Å². The van der Waals surface area contributed by atoms with Gasteiger partial charge in [0.05, 0.1) is 22.3 Å². The molecule has 1 spiro atoms. The van der Waals surface area contributed by atoms with Crippen molar-refractivity contribution < 1.29 is 4.79 Å². The number of nitrogens with zero attached hydrogens (tertiary/aromatic N) is 3. The van der Waals surface area contributed by atoms with Crippen LogP contribution < -0.4 is 10.2 Å². The number of carbonyl (C=O) groups is 1. The zero-order valence-corrected chi connectivity index (χ0v) is 13.4. The van der Waals surface area contributed by atoms with Gasteiger partial charge in [-0.3, -0.25) is 14.9 Å². The molecule has 2 saturated heterocycles. The predicted molar refractivity (Wildman–Crippen MR) is 88.3 cm³/mol. The van der Waals surface area contributed by atoms with Gasteiger partial charge in [-0.15, -0.1) is 0 Å². The van der Waals surface area contributed by atoms with E-state index in [9.17, 15) is 4.79 Å². The fourth-order valence-electron chi connectivity index (χ4n) is 3.71. The summed E-state index contributed by atoms with van der Waals surface area (Å²) in [6.45, 7) is 2.44. The molecule has 0 saturated carbocycles. The van der Waals surface area contributed by atoms with Crippen molar-refractivity contribution in [2.75, 3.05) is 24.5 Å². The molecule has 2 aromatic heterocycles. The number of amides is 1. The molecule has 6 nitrogen and oxygen atoms in total. The van der Waals surface area contributed by atoms with Crippen LogP contribution in [0.5, 0.6) is 0 Å². The van der Waals surface area contributed by atoms with Gasteiger partial charge in [-0.2, -0.15) is 5.10 Å². The molecular weight excluding hydrogens is 314 g/mol. The molecule has 0 aromatic carbocycles. The number of anilines is 1. The Morgan fingerprint density at radius 1 is 1.17 bits per heavy atom. The third-order valence-electron chi connectivity index (χ3n) is 5.09. The second-order valence-electron chi connectivity index (χ2n) is 6.28. The molecule has 7 heteroatoms. The number of rotatable bonds is 2. The number of carbonyl (C=O) groups excluding carboxylic acids is 1. The van der Waals surface area contributed by atoms with E-state index >= 15 is 0 Å². The molecule has 0 bridgehead atoms. The summed E-state index contributed by atoms with van der Waals surface area (Å²) in [6, 6.07) is 0. The van der Waals surface area contributed by atoms with Gasteiger partial charge in [0.1, 0.15) is 0 Å². The van der Waals surface area contributed by atoms with Crippen LogP contribution in [0.1, 0.15) is 19.3 Å². The normalized spacial score (nSPS) is 20.0. The molecule has 120 valence electrons. The van der Waals surface area contributed by atoms with E-state index in [-0.39, 0.29) is 11.3 Å². The number of piperidine rings is 1. The fourth-order valence-corrected chi connectivity index (χ4v) is 3.99. The average Bonchev–Trinajstić information content (AvgIpc) is 3.20. The Morgan fingerprint density at radius 3 is 2.65 bits per heavy atom. The summed E-state index contributed by atoms with van der Waals surface area (Å²) in [5, 5.41) is 10.5. The largest absolute Gasteiger partial charge is 0.370 e. The van der Waals surface area contributed by atoms with Crippen LogP contribution in [0.15, 0.2) is 24.8 Å². The van der Waals surface area contributed by atoms with Crippen LogP contribution in [0.2, 0.25) is 5.02 Å². The van der Waals surface area contributed by atoms with E-state index < -0.39 is 0 Å². The summed E-state index contributed by atoms with van der Waals surface area (Å²) in [7, 11) is 0. The van der Waals surface area contributed by atoms with E-state index in [1.165, 1.54) is 0 Å². The van der Waals surface area contributed by atoms with Gasteiger partial charge in [-0.1, -0.05) is 11.6 Å². The van der Waals surface area contributed by atoms with E-state index in [4.69, 9.17) is 11.6 Å². The SMILES string of the molecule is O=C1NCCC12CCN(c1c(Cl)cncc1-c1cn[nH]c1)CC2. The smallest absolute Gasteiger partial charge is 0.226 e. The molecule has 0 unspecified atom stereocenters. The maximum atomic E-state index is 12.1. The number of nitrogens with one attached hydrogen (secondary N) is 2. The maximum absolute atomic E-state index is 12.1. The van der Waals surface area contributed by atoms with Gasteiger partial charge in [0.2, 0.25) is 5.91 Å². The van der Waals surface area contributed by atoms with Crippen molar-refractivity contribution in [1.82, 2.24) is 20.5 Å². The molecule has 2 aliphatic rings. The van der Waals surface area contributed by atoms with Crippen molar-refractivity contribution in [3.05, 3.63) is 29.8 Å². The summed E-state index contributed by atoms with van der Waals surface area (Å²) >= 11 is 6.45. The topological polar surface area (TPSA) is 73.9 Å². The Balaban J connectivity index is 1.64. The van der Waals surface area contributed by atoms with Crippen LogP contribution in [-0.4, -0.2) is 40.7 Å². The van der Waals surface area contributed by atoms with Crippen molar-refractivity contribution in [2.24, 2.45) is 5.41 Å². The number of H-pyrrole nitrogens is 1. The van der Waals surface area contributed by atoms with Crippen molar-refractivity contribution >= 4 is 23.2 Å². The summed E-state index contributed by atoms with van der Waals surface area (Å²) in [6.07, 6.45) is 9.77. The lowest BCUT2D eigenvalue weighted by Gasteiger charge is -2.39. The fraction of sp³-hybridized carbons (Fsp3) is 0.438. The zero-order chi connectivity index (χ0) is 15.9. The minimum absolute atomic E-state index is 0.175. The van der Waals surface area contributed by atoms with Crippen LogP contribution in [0, 0.1) is 5.41 Å². The number of aromatic amines is 1. The summed E-state index contributed by atoms with van der Waals surface area (Å²) < 4.78 is 0. The van der Waals surface area contributed by atoms with Gasteiger partial charge in [0, 0.05) is 49.4 Å². The Labute approximate surface area is 139 Å². The highest BCUT2D eigenvalue weighted by Crippen LogP contribution is 2.43. The van der Waals surface area contributed by atoms with Gasteiger partial charge >= 0.3 is 0 Å². The first kappa shape index (κ1) is 14.5. The lowest BCUT2D eigenvalue weighted by atomic mass is 9.77. The number of hydrogen-bond donors (Lipinski definition) is 2. The van der Waals surface area contributed by atoms with E-state index in [2.05, 4.69) is 25.4 Å². The number of halogens is 1. The zero-order valence-electron chi connectivity index (χ0n) is 12.7. The Morgan fingerprint density at radius 2 is 2.00 bits per heavy atom. The average molecular weight is 332 g/mol. The van der Waals surface area contributed by atoms with Gasteiger partial charge < -0.3 is 10.2 Å². The Hall–Kier alpha value is -2.08. The second kappa shape index (κ2) is 5.53. The van der Waals surface area contributed by atoms with Crippen molar-refractivity contribution in [3.8, 4) is 11.1 Å². The standard InChI is InChI=1S/C16H18ClN5O/c17-13-10-18-9-12(11-7-20-21-8-11)14(13)22-5-2-16(3-6-22)1-4-19-15(16)23/h7-10H,1-6H2,(H,19,23)(H,20,21). The highest BCUT2D eigenvalue weighted by molar-refractivity contribution is 6.33. The predicted octanol–water partition coefficient (Wildman–Crippen LogP) is 2.23. The van der Waals surface area contributed by atoms with Gasteiger partial charge in [-0.05, 0) is 19.3 Å². The molecule has 0 atom stereocenters. The highest BCUT2D eigenvalue weighted by atomic mass is 35.5. The van der Waals surface area contributed by atoms with E-state index in [1.54, 1.807) is 12.4 Å². The number of hydrogen-bond acceptors (Lipinski definition) is 4. The maximum Gasteiger partial charge on any atom is 0.226 e. The van der Waals surface area contributed by atoms with Crippen LogP contribution >= 0.6 is 11.6 Å². The minimum atomic E-state index is -0.175. The third kappa shape index (κ3) is 2.37. The molecule has 2 aromatic rings. The molecule has 2 N–H and O–H groups in total. The Bertz CT molecular complexity index is 722. The quantitative estimate of drug-likeness (QED) is 0.885. The molecule has 4 heterocycles. The highest BCUT2D eigenvalue weighted by Gasteiger charge is 2.44. The van der Waals surface area contributed by atoms with Crippen LogP contribution in [-0.2, 0) is 4.79 Å². The summed E-state index contributed by atoms with van der Waals surface area (Å²) in [4.78, 5) is 18.6. The Kier molecular flexibility index (Phi) is 3.49. The lowest BCUT2D eigenvalue weighted by Crippen LogP contribution is -2.44. The summed E-state index contributed by atoms with van der Waals surface area (Å²) in [5.74, 6) is 0.216. The van der Waals surface area contributed by atoms with Crippen LogP contribution in [0.4, 0.5) is 5.69 Å². The molecule has 2 fully saturated rings. The van der Waals surface area contributed by atoms with Gasteiger partial charge in [-0.25, -0.2) is 0 Å². The molecule has 0 radical (unpaired) electrons. The van der Waals surface area contributed by atoms with Gasteiger partial charge in [0.15, 0.2) is 0 Å². The number of aromatic nitrogens is 3. The molecule has 0 aliphatic carbocycles. The monoisotopic (exact) mass is 331 g/mol. The van der Waals surface area contributed by atoms with Crippen LogP contribution in [0.3, 0.4) is 0 Å². The molecule has 23 heavy (non-hydrogen) atoms. The van der Waals surface area contributed by atoms with Crippen molar-refractivity contribution in [2.45, 2.75) is 19.3 Å². The number of pyridine rings is 1. The molecule has 1 amide bonds. The van der Waals surface area contributed by atoms with Crippen molar-refractivity contribution in [1.29, 1.82) is 0 Å². The summed E-state index contributed by atoms with van der Waals surface area (Å²) in [5.41, 5.74) is 2.74. The van der Waals surface area contributed by atoms with Crippen molar-refractivity contribution in [3.63, 3.8) is 0 Å². The third-order valence-corrected chi connectivity index (χ3v) is 5.37. The lowest BCUT2D eigenvalue weighted by molar-refractivity contribution is -0.128. The second-order valence-corrected chi connectivity index (χ2v) is 6.68. The van der Waals surface area contributed by atoms with E-state index in [0.717, 1.165) is 55.7 Å². The first-order valence-electron chi connectivity index (χ1n) is 7.85. The first-order valence-corrected chi connectivity index (χ1v) is 8.23. The van der Waals surface area contributed by atoms with Crippen LogP contribution in [0.25, 0.3) is 11.1 Å². The molecule has 4 rings (SSSR count). The first-order chi connectivity index (χ1) is 11.2. The molecular formula is C16H18ClN5O. The molecule has 2 aliphatic heterocycles. The minimum Gasteiger partial charge on any atom is -0.370 e. The van der Waals surface area contributed by atoms with Gasteiger partial charge in [0.25, 0.3) is 0 Å².